The Labute approximate surface area is 205 Å². The number of ether oxygens (including phenoxy) is 2. The van der Waals surface area contributed by atoms with E-state index in [1.165, 1.54) is 0 Å². The molecule has 2 heterocycles. The number of alkyl halides is 1. The lowest BCUT2D eigenvalue weighted by atomic mass is 9.81. The molecule has 1 aliphatic rings. The lowest BCUT2D eigenvalue weighted by Gasteiger charge is -2.33. The van der Waals surface area contributed by atoms with Crippen LogP contribution in [0.3, 0.4) is 0 Å². The van der Waals surface area contributed by atoms with Crippen molar-refractivity contribution in [3.05, 3.63) is 70.4 Å². The number of fused-ring (bicyclic) bond motifs is 1. The first-order valence-corrected chi connectivity index (χ1v) is 11.9. The van der Waals surface area contributed by atoms with Gasteiger partial charge in [-0.05, 0) is 66.3 Å². The average molecular weight is 560 g/mol. The summed E-state index contributed by atoms with van der Waals surface area (Å²) in [4.78, 5) is 26.3. The largest absolute Gasteiger partial charge is 0.493 e. The quantitative estimate of drug-likeness (QED) is 0.355. The van der Waals surface area contributed by atoms with Crippen LogP contribution in [0.4, 0.5) is 5.82 Å². The molecule has 0 aliphatic carbocycles. The molecule has 0 saturated heterocycles. The summed E-state index contributed by atoms with van der Waals surface area (Å²) < 4.78 is 13.3. The zero-order chi connectivity index (χ0) is 23.7. The van der Waals surface area contributed by atoms with Gasteiger partial charge < -0.3 is 20.1 Å². The van der Waals surface area contributed by atoms with Gasteiger partial charge in [0.1, 0.15) is 16.5 Å². The molecule has 0 fully saturated rings. The minimum atomic E-state index is -0.838. The summed E-state index contributed by atoms with van der Waals surface area (Å²) in [5.41, 5.74) is 3.91. The van der Waals surface area contributed by atoms with Gasteiger partial charge in [-0.2, -0.15) is 5.10 Å². The van der Waals surface area contributed by atoms with Gasteiger partial charge in [0.25, 0.3) is 5.91 Å². The molecule has 3 aromatic rings. The minimum absolute atomic E-state index is 0.303. The van der Waals surface area contributed by atoms with Crippen LogP contribution < -0.4 is 20.1 Å². The Balaban J connectivity index is 1.80. The zero-order valence-electron chi connectivity index (χ0n) is 18.8. The Morgan fingerprint density at radius 3 is 2.70 bits per heavy atom. The van der Waals surface area contributed by atoms with Crippen molar-refractivity contribution in [2.24, 2.45) is 7.05 Å². The van der Waals surface area contributed by atoms with Crippen molar-refractivity contribution in [2.75, 3.05) is 17.0 Å². The van der Waals surface area contributed by atoms with Gasteiger partial charge in [0.2, 0.25) is 5.91 Å². The lowest BCUT2D eigenvalue weighted by Crippen LogP contribution is -2.50. The van der Waals surface area contributed by atoms with E-state index in [0.29, 0.717) is 27.5 Å². The van der Waals surface area contributed by atoms with Crippen LogP contribution in [0.15, 0.2) is 42.5 Å². The van der Waals surface area contributed by atoms with E-state index in [1.807, 2.05) is 44.2 Å². The number of amides is 2. The zero-order valence-corrected chi connectivity index (χ0v) is 21.0. The number of aryl methyl sites for hydroxylation is 3. The Morgan fingerprint density at radius 1 is 1.21 bits per heavy atom. The van der Waals surface area contributed by atoms with Crippen molar-refractivity contribution in [1.82, 2.24) is 15.1 Å². The first-order chi connectivity index (χ1) is 15.8. The maximum atomic E-state index is 13.2. The van der Waals surface area contributed by atoms with Crippen molar-refractivity contribution >= 4 is 40.2 Å². The molecule has 8 nitrogen and oxygen atoms in total. The summed E-state index contributed by atoms with van der Waals surface area (Å²) in [6.07, 6.45) is 0. The van der Waals surface area contributed by atoms with Crippen LogP contribution >= 0.6 is 22.6 Å². The molecular formula is C24H25IN4O4. The Kier molecular flexibility index (Phi) is 6.59. The molecular weight excluding hydrogens is 535 g/mol. The van der Waals surface area contributed by atoms with E-state index < -0.39 is 12.0 Å². The van der Waals surface area contributed by atoms with Crippen LogP contribution in [0.5, 0.6) is 11.5 Å². The molecule has 4 rings (SSSR count). The summed E-state index contributed by atoms with van der Waals surface area (Å²) in [7, 11) is 3.36. The number of rotatable bonds is 6. The third kappa shape index (κ3) is 4.41. The monoisotopic (exact) mass is 560 g/mol. The highest BCUT2D eigenvalue weighted by Gasteiger charge is 2.41. The maximum Gasteiger partial charge on any atom is 0.251 e. The van der Waals surface area contributed by atoms with Gasteiger partial charge in [0.15, 0.2) is 11.5 Å². The molecule has 0 bridgehead atoms. The molecule has 0 spiro atoms. The minimum Gasteiger partial charge on any atom is -0.493 e. The SMILES string of the molecule is COc1cc([C@@H]2c3c(C)nn(C)c3NC(=O)[C@H]2NC(=O)c2cccc(C)c2)ccc1OCI. The highest BCUT2D eigenvalue weighted by atomic mass is 127. The third-order valence-corrected chi connectivity index (χ3v) is 6.07. The van der Waals surface area contributed by atoms with Gasteiger partial charge in [0.05, 0.1) is 12.8 Å². The van der Waals surface area contributed by atoms with Crippen LogP contribution in [-0.2, 0) is 11.8 Å². The number of anilines is 1. The van der Waals surface area contributed by atoms with Gasteiger partial charge in [0, 0.05) is 24.1 Å². The topological polar surface area (TPSA) is 94.5 Å². The number of carbonyl (C=O) groups excluding carboxylic acids is 2. The molecule has 0 radical (unpaired) electrons. The van der Waals surface area contributed by atoms with Gasteiger partial charge >= 0.3 is 0 Å². The fourth-order valence-electron chi connectivity index (χ4n) is 4.28. The number of halogens is 1. The normalized spacial score (nSPS) is 17.2. The van der Waals surface area contributed by atoms with Crippen LogP contribution in [0.1, 0.15) is 38.7 Å². The van der Waals surface area contributed by atoms with Crippen LogP contribution in [0, 0.1) is 13.8 Å². The number of hydrogen-bond acceptors (Lipinski definition) is 5. The van der Waals surface area contributed by atoms with Crippen molar-refractivity contribution in [3.63, 3.8) is 0 Å². The van der Waals surface area contributed by atoms with Crippen molar-refractivity contribution < 1.29 is 19.1 Å². The van der Waals surface area contributed by atoms with E-state index in [2.05, 4.69) is 38.3 Å². The number of carbonyl (C=O) groups is 2. The molecule has 1 aliphatic heterocycles. The van der Waals surface area contributed by atoms with Crippen molar-refractivity contribution in [2.45, 2.75) is 25.8 Å². The molecule has 2 amide bonds. The summed E-state index contributed by atoms with van der Waals surface area (Å²) in [5.74, 6) is 0.712. The van der Waals surface area contributed by atoms with Crippen LogP contribution in [0.25, 0.3) is 0 Å². The molecule has 2 atom stereocenters. The number of hydrogen-bond donors (Lipinski definition) is 2. The van der Waals surface area contributed by atoms with Gasteiger partial charge in [-0.15, -0.1) is 0 Å². The Bertz CT molecular complexity index is 1220. The van der Waals surface area contributed by atoms with E-state index in [4.69, 9.17) is 9.47 Å². The highest BCUT2D eigenvalue weighted by molar-refractivity contribution is 14.1. The van der Waals surface area contributed by atoms with E-state index in [-0.39, 0.29) is 11.8 Å². The van der Waals surface area contributed by atoms with E-state index >= 15 is 0 Å². The Hall–Kier alpha value is -3.08. The molecule has 2 N–H and O–H groups in total. The van der Waals surface area contributed by atoms with Crippen LogP contribution in [0.2, 0.25) is 0 Å². The standard InChI is InChI=1S/C24H25IN4O4/c1-13-6-5-7-16(10-13)23(30)26-21-20(15-8-9-17(33-12-25)18(11-15)32-4)19-14(2)28-29(3)22(19)27-24(21)31/h5-11,20-21H,12H2,1-4H3,(H,26,30)(H,27,31)/t20-,21+/m1/s1. The molecule has 0 saturated carbocycles. The summed E-state index contributed by atoms with van der Waals surface area (Å²) in [5, 5.41) is 10.4. The number of methoxy groups -OCH3 is 1. The summed E-state index contributed by atoms with van der Waals surface area (Å²) in [6.45, 7) is 3.82. The first kappa shape index (κ1) is 23.1. The van der Waals surface area contributed by atoms with Gasteiger partial charge in [-0.3, -0.25) is 14.3 Å². The number of aromatic nitrogens is 2. The Morgan fingerprint density at radius 2 is 2.00 bits per heavy atom. The average Bonchev–Trinajstić information content (AvgIpc) is 3.07. The van der Waals surface area contributed by atoms with Gasteiger partial charge in [-0.1, -0.05) is 23.8 Å². The number of nitrogens with zero attached hydrogens (tertiary/aromatic N) is 2. The third-order valence-electron chi connectivity index (χ3n) is 5.76. The van der Waals surface area contributed by atoms with E-state index in [1.54, 1.807) is 31.0 Å². The number of nitrogens with one attached hydrogen (secondary N) is 2. The predicted molar refractivity (Wildman–Crippen MR) is 133 cm³/mol. The smallest absolute Gasteiger partial charge is 0.251 e. The molecule has 33 heavy (non-hydrogen) atoms. The van der Waals surface area contributed by atoms with Gasteiger partial charge in [-0.25, -0.2) is 0 Å². The second kappa shape index (κ2) is 9.42. The lowest BCUT2D eigenvalue weighted by molar-refractivity contribution is -0.118. The summed E-state index contributed by atoms with van der Waals surface area (Å²) in [6, 6.07) is 12.0. The number of benzene rings is 2. The molecule has 9 heteroatoms. The fraction of sp³-hybridized carbons (Fsp3) is 0.292. The molecule has 172 valence electrons. The van der Waals surface area contributed by atoms with Crippen LogP contribution in [-0.4, -0.2) is 39.4 Å². The fourth-order valence-corrected chi connectivity index (χ4v) is 4.62. The summed E-state index contributed by atoms with van der Waals surface area (Å²) >= 11 is 2.12. The highest BCUT2D eigenvalue weighted by Crippen LogP contribution is 2.41. The second-order valence-corrected chi connectivity index (χ2v) is 8.55. The molecule has 1 aromatic heterocycles. The first-order valence-electron chi connectivity index (χ1n) is 10.4. The van der Waals surface area contributed by atoms with E-state index in [9.17, 15) is 9.59 Å². The van der Waals surface area contributed by atoms with Crippen molar-refractivity contribution in [1.29, 1.82) is 0 Å². The second-order valence-electron chi connectivity index (χ2n) is 7.92. The maximum absolute atomic E-state index is 13.2. The van der Waals surface area contributed by atoms with Crippen molar-refractivity contribution in [3.8, 4) is 11.5 Å². The molecule has 0 unspecified atom stereocenters. The van der Waals surface area contributed by atoms with E-state index in [0.717, 1.165) is 22.4 Å². The predicted octanol–water partition coefficient (Wildman–Crippen LogP) is 3.70. The molecule has 2 aromatic carbocycles.